The maximum Gasteiger partial charge on any atom is 0.426 e. The molecule has 0 saturated heterocycles. The van der Waals surface area contributed by atoms with E-state index < -0.39 is 22.0 Å². The van der Waals surface area contributed by atoms with Gasteiger partial charge in [0.15, 0.2) is 0 Å². The monoisotopic (exact) mass is 437 g/mol. The largest absolute Gasteiger partial charge is 0.449 e. The van der Waals surface area contributed by atoms with Crippen LogP contribution in [0.3, 0.4) is 0 Å². The van der Waals surface area contributed by atoms with Crippen molar-refractivity contribution >= 4 is 39.3 Å². The van der Waals surface area contributed by atoms with Crippen LogP contribution in [0.2, 0.25) is 5.02 Å². The highest BCUT2D eigenvalue weighted by atomic mass is 35.5. The number of para-hydroxylation sites is 1. The average Bonchev–Trinajstić information content (AvgIpc) is 2.71. The molecule has 10 heteroatoms. The molecule has 0 radical (unpaired) electrons. The van der Waals surface area contributed by atoms with Crippen LogP contribution in [0.25, 0.3) is 0 Å². The van der Waals surface area contributed by atoms with Gasteiger partial charge in [-0.05, 0) is 37.3 Å². The molecule has 0 fully saturated rings. The summed E-state index contributed by atoms with van der Waals surface area (Å²) < 4.78 is 32.1. The van der Waals surface area contributed by atoms with Gasteiger partial charge < -0.3 is 4.74 Å². The number of benzene rings is 2. The molecule has 0 unspecified atom stereocenters. The Hall–Kier alpha value is -3.04. The van der Waals surface area contributed by atoms with Crippen LogP contribution in [0.15, 0.2) is 66.1 Å². The van der Waals surface area contributed by atoms with Crippen molar-refractivity contribution in [3.63, 3.8) is 0 Å². The number of nitrogens with zero attached hydrogens (tertiary/aromatic N) is 1. The van der Waals surface area contributed by atoms with Crippen molar-refractivity contribution in [3.8, 4) is 0 Å². The van der Waals surface area contributed by atoms with Crippen molar-refractivity contribution in [3.05, 3.63) is 71.8 Å². The summed E-state index contributed by atoms with van der Waals surface area (Å²) in [5.74, 6) is -0.705. The zero-order valence-electron chi connectivity index (χ0n) is 15.6. The second-order valence-electron chi connectivity index (χ2n) is 5.60. The zero-order chi connectivity index (χ0) is 21.4. The number of hydrazine groups is 1. The van der Waals surface area contributed by atoms with E-state index in [1.807, 2.05) is 0 Å². The van der Waals surface area contributed by atoms with Gasteiger partial charge in [0, 0.05) is 5.56 Å². The molecule has 0 aliphatic heterocycles. The van der Waals surface area contributed by atoms with E-state index in [0.717, 1.165) is 4.31 Å². The smallest absolute Gasteiger partial charge is 0.426 e. The maximum absolute atomic E-state index is 13.2. The fraction of sp³-hybridized carbons (Fsp3) is 0.158. The van der Waals surface area contributed by atoms with Crippen LogP contribution in [0, 0.1) is 0 Å². The number of anilines is 1. The lowest BCUT2D eigenvalue weighted by atomic mass is 10.2. The van der Waals surface area contributed by atoms with Crippen molar-refractivity contribution in [2.24, 2.45) is 0 Å². The SMILES string of the molecule is C=CCN(c1ccccc1Cl)S(=O)(=O)c1cccc(C(=O)NNC(=O)OCC)c1. The van der Waals surface area contributed by atoms with Gasteiger partial charge in [-0.15, -0.1) is 6.58 Å². The van der Waals surface area contributed by atoms with Gasteiger partial charge in [0.05, 0.1) is 28.8 Å². The minimum atomic E-state index is -4.05. The second-order valence-corrected chi connectivity index (χ2v) is 7.87. The third kappa shape index (κ3) is 5.49. The van der Waals surface area contributed by atoms with Crippen LogP contribution in [0.5, 0.6) is 0 Å². The molecule has 2 aromatic carbocycles. The summed E-state index contributed by atoms with van der Waals surface area (Å²) >= 11 is 6.17. The maximum atomic E-state index is 13.2. The van der Waals surface area contributed by atoms with Crippen molar-refractivity contribution in [1.82, 2.24) is 10.9 Å². The number of ether oxygens (including phenoxy) is 1. The Morgan fingerprint density at radius 2 is 1.90 bits per heavy atom. The first-order chi connectivity index (χ1) is 13.8. The topological polar surface area (TPSA) is 105 Å². The molecule has 0 aliphatic carbocycles. The molecule has 2 aromatic rings. The Balaban J connectivity index is 2.33. The van der Waals surface area contributed by atoms with Gasteiger partial charge in [-0.2, -0.15) is 0 Å². The van der Waals surface area contributed by atoms with Crippen molar-refractivity contribution in [1.29, 1.82) is 0 Å². The Morgan fingerprint density at radius 3 is 2.55 bits per heavy atom. The molecule has 0 saturated carbocycles. The number of halogens is 1. The number of amides is 2. The number of sulfonamides is 1. The lowest BCUT2D eigenvalue weighted by Gasteiger charge is -2.24. The van der Waals surface area contributed by atoms with Crippen LogP contribution < -0.4 is 15.2 Å². The molecule has 0 spiro atoms. The molecule has 0 heterocycles. The van der Waals surface area contributed by atoms with E-state index in [4.69, 9.17) is 11.6 Å². The fourth-order valence-electron chi connectivity index (χ4n) is 2.37. The predicted octanol–water partition coefficient (Wildman–Crippen LogP) is 3.11. The van der Waals surface area contributed by atoms with E-state index in [0.29, 0.717) is 0 Å². The molecular weight excluding hydrogens is 418 g/mol. The summed E-state index contributed by atoms with van der Waals surface area (Å²) in [5.41, 5.74) is 4.53. The number of hydrogen-bond donors (Lipinski definition) is 2. The number of carbonyl (C=O) groups excluding carboxylic acids is 2. The lowest BCUT2D eigenvalue weighted by Crippen LogP contribution is -2.42. The van der Waals surface area contributed by atoms with Crippen LogP contribution in [0.4, 0.5) is 10.5 Å². The van der Waals surface area contributed by atoms with E-state index in [9.17, 15) is 18.0 Å². The van der Waals surface area contributed by atoms with E-state index in [1.165, 1.54) is 30.3 Å². The summed E-state index contributed by atoms with van der Waals surface area (Å²) in [6, 6.07) is 11.9. The molecule has 0 aliphatic rings. The van der Waals surface area contributed by atoms with Gasteiger partial charge in [0.25, 0.3) is 15.9 Å². The van der Waals surface area contributed by atoms with Gasteiger partial charge in [-0.25, -0.2) is 18.6 Å². The zero-order valence-corrected chi connectivity index (χ0v) is 17.2. The molecule has 0 aromatic heterocycles. The summed E-state index contributed by atoms with van der Waals surface area (Å²) in [6.07, 6.45) is 0.598. The van der Waals surface area contributed by atoms with Crippen molar-refractivity contribution in [2.75, 3.05) is 17.5 Å². The minimum Gasteiger partial charge on any atom is -0.449 e. The molecule has 29 heavy (non-hydrogen) atoms. The highest BCUT2D eigenvalue weighted by Gasteiger charge is 2.26. The lowest BCUT2D eigenvalue weighted by molar-refractivity contribution is 0.0912. The molecule has 2 N–H and O–H groups in total. The van der Waals surface area contributed by atoms with Crippen LogP contribution in [-0.4, -0.2) is 33.6 Å². The van der Waals surface area contributed by atoms with E-state index in [2.05, 4.69) is 22.2 Å². The number of hydrogen-bond acceptors (Lipinski definition) is 5. The van der Waals surface area contributed by atoms with Crippen LogP contribution >= 0.6 is 11.6 Å². The normalized spacial score (nSPS) is 10.7. The number of carbonyl (C=O) groups is 2. The first kappa shape index (κ1) is 22.3. The molecule has 8 nitrogen and oxygen atoms in total. The van der Waals surface area contributed by atoms with Crippen molar-refractivity contribution < 1.29 is 22.7 Å². The third-order valence-corrected chi connectivity index (χ3v) is 5.75. The highest BCUT2D eigenvalue weighted by Crippen LogP contribution is 2.30. The Bertz CT molecular complexity index is 1010. The first-order valence-corrected chi connectivity index (χ1v) is 10.3. The van der Waals surface area contributed by atoms with Gasteiger partial charge >= 0.3 is 6.09 Å². The number of rotatable bonds is 7. The van der Waals surface area contributed by atoms with E-state index in [-0.39, 0.29) is 34.3 Å². The summed E-state index contributed by atoms with van der Waals surface area (Å²) in [7, 11) is -4.05. The van der Waals surface area contributed by atoms with Crippen LogP contribution in [0.1, 0.15) is 17.3 Å². The minimum absolute atomic E-state index is 0.0209. The Kier molecular flexibility index (Phi) is 7.63. The Labute approximate surface area is 174 Å². The van der Waals surface area contributed by atoms with Gasteiger partial charge in [0.1, 0.15) is 0 Å². The van der Waals surface area contributed by atoms with Gasteiger partial charge in [-0.3, -0.25) is 14.5 Å². The Morgan fingerprint density at radius 1 is 1.17 bits per heavy atom. The van der Waals surface area contributed by atoms with Gasteiger partial charge in [0.2, 0.25) is 0 Å². The molecule has 154 valence electrons. The van der Waals surface area contributed by atoms with Crippen molar-refractivity contribution in [2.45, 2.75) is 11.8 Å². The molecule has 2 amide bonds. The number of nitrogens with one attached hydrogen (secondary N) is 2. The fourth-order valence-corrected chi connectivity index (χ4v) is 4.16. The first-order valence-electron chi connectivity index (χ1n) is 8.52. The third-order valence-electron chi connectivity index (χ3n) is 3.65. The molecule has 0 bridgehead atoms. The summed E-state index contributed by atoms with van der Waals surface area (Å²) in [5, 5.41) is 0.255. The molecule has 2 rings (SSSR count). The molecule has 0 atom stereocenters. The van der Waals surface area contributed by atoms with Crippen LogP contribution in [-0.2, 0) is 14.8 Å². The predicted molar refractivity (Wildman–Crippen MR) is 110 cm³/mol. The standard InChI is InChI=1S/C19H20ClN3O5S/c1-3-12-23(17-11-6-5-10-16(17)20)29(26,27)15-9-7-8-14(13-15)18(24)21-22-19(25)28-4-2/h3,5-11,13H,1,4,12H2,2H3,(H,21,24)(H,22,25). The summed E-state index contributed by atoms with van der Waals surface area (Å²) in [6.45, 7) is 5.33. The quantitative estimate of drug-likeness (QED) is 0.511. The molecular formula is C19H20ClN3O5S. The highest BCUT2D eigenvalue weighted by molar-refractivity contribution is 7.92. The van der Waals surface area contributed by atoms with Gasteiger partial charge in [-0.1, -0.05) is 35.9 Å². The van der Waals surface area contributed by atoms with E-state index in [1.54, 1.807) is 31.2 Å². The summed E-state index contributed by atoms with van der Waals surface area (Å²) in [4.78, 5) is 23.4. The second kappa shape index (κ2) is 9.94. The average molecular weight is 438 g/mol. The van der Waals surface area contributed by atoms with E-state index >= 15 is 0 Å².